The molecule has 0 aliphatic carbocycles. The molecule has 0 atom stereocenters. The molecule has 0 bridgehead atoms. The average Bonchev–Trinajstić information content (AvgIpc) is 2.32. The fraction of sp³-hybridized carbons (Fsp3) is 0.857. The van der Waals surface area contributed by atoms with Crippen LogP contribution in [-0.4, -0.2) is 43.2 Å². The number of hydrogen-bond acceptors (Lipinski definition) is 2. The van der Waals surface area contributed by atoms with Gasteiger partial charge in [0.05, 0.1) is 8.07 Å². The van der Waals surface area contributed by atoms with Crippen molar-refractivity contribution < 1.29 is 5.03 Å². The first-order valence-electron chi connectivity index (χ1n) is 4.60. The van der Waals surface area contributed by atoms with E-state index in [1.807, 2.05) is 4.90 Å². The van der Waals surface area contributed by atoms with Gasteiger partial charge in [0.25, 0.3) is 5.96 Å². The molecule has 1 N–H and O–H groups in total. The van der Waals surface area contributed by atoms with Gasteiger partial charge < -0.3 is 10.2 Å². The normalized spacial score (nSPS) is 19.9. The Morgan fingerprint density at radius 2 is 2.29 bits per heavy atom. The summed E-state index contributed by atoms with van der Waals surface area (Å²) in [5.41, 5.74) is 0. The Kier molecular flexibility index (Phi) is 3.09. The van der Waals surface area contributed by atoms with E-state index in [1.54, 1.807) is 0 Å². The Hall–Kier alpha value is -1.11. The van der Waals surface area contributed by atoms with E-state index in [0.717, 1.165) is 19.3 Å². The van der Waals surface area contributed by atoms with Crippen molar-refractivity contribution in [3.8, 4) is 0 Å². The predicted octanol–water partition coefficient (Wildman–Crippen LogP) is 0.317. The standard InChI is InChI=1S/C7H16N4O2Si/c1-14(2,3)6-10-5-4-8-7(10)9-11(12)13/h4-6H2,1-3H3,(H,8,9). The van der Waals surface area contributed by atoms with E-state index in [0.29, 0.717) is 5.96 Å². The molecule has 6 nitrogen and oxygen atoms in total. The largest absolute Gasteiger partial charge is 0.349 e. The van der Waals surface area contributed by atoms with Crippen molar-refractivity contribution in [2.75, 3.05) is 19.3 Å². The van der Waals surface area contributed by atoms with Crippen LogP contribution >= 0.6 is 0 Å². The molecule has 1 fully saturated rings. The fourth-order valence-electron chi connectivity index (χ4n) is 1.42. The molecule has 0 aromatic carbocycles. The first-order chi connectivity index (χ1) is 6.38. The third kappa shape index (κ3) is 3.33. The Morgan fingerprint density at radius 3 is 2.79 bits per heavy atom. The molecule has 1 heterocycles. The number of guanidine groups is 1. The van der Waals surface area contributed by atoms with Crippen molar-refractivity contribution in [1.82, 2.24) is 10.2 Å². The molecule has 14 heavy (non-hydrogen) atoms. The molecule has 0 radical (unpaired) electrons. The van der Waals surface area contributed by atoms with Gasteiger partial charge in [0, 0.05) is 19.3 Å². The minimum Gasteiger partial charge on any atom is -0.349 e. The van der Waals surface area contributed by atoms with Gasteiger partial charge >= 0.3 is 0 Å². The van der Waals surface area contributed by atoms with E-state index in [1.165, 1.54) is 0 Å². The molecule has 0 spiro atoms. The lowest BCUT2D eigenvalue weighted by atomic mass is 10.7. The molecule has 0 unspecified atom stereocenters. The van der Waals surface area contributed by atoms with Crippen LogP contribution in [-0.2, 0) is 0 Å². The van der Waals surface area contributed by atoms with E-state index in [2.05, 4.69) is 30.1 Å². The fourth-order valence-corrected chi connectivity index (χ4v) is 2.88. The van der Waals surface area contributed by atoms with Crippen LogP contribution in [0.3, 0.4) is 0 Å². The van der Waals surface area contributed by atoms with Crippen LogP contribution in [0.5, 0.6) is 0 Å². The molecule has 1 aliphatic heterocycles. The monoisotopic (exact) mass is 216 g/mol. The number of hydrazone groups is 1. The van der Waals surface area contributed by atoms with Gasteiger partial charge in [-0.3, -0.25) is 0 Å². The summed E-state index contributed by atoms with van der Waals surface area (Å²) in [6, 6.07) is 0. The summed E-state index contributed by atoms with van der Waals surface area (Å²) in [5, 5.41) is 15.8. The summed E-state index contributed by atoms with van der Waals surface area (Å²) in [7, 11) is -1.23. The quantitative estimate of drug-likeness (QED) is 0.419. The van der Waals surface area contributed by atoms with Crippen LogP contribution in [0.1, 0.15) is 0 Å². The Morgan fingerprint density at radius 1 is 1.64 bits per heavy atom. The maximum Gasteiger partial charge on any atom is 0.271 e. The molecule has 0 amide bonds. The van der Waals surface area contributed by atoms with Crippen LogP contribution in [0, 0.1) is 10.1 Å². The molecule has 0 aromatic heterocycles. The topological polar surface area (TPSA) is 70.8 Å². The summed E-state index contributed by atoms with van der Waals surface area (Å²) in [5.74, 6) is 0.414. The maximum absolute atomic E-state index is 10.2. The van der Waals surface area contributed by atoms with Crippen molar-refractivity contribution in [2.45, 2.75) is 19.6 Å². The second-order valence-corrected chi connectivity index (χ2v) is 10.0. The third-order valence-electron chi connectivity index (χ3n) is 1.81. The summed E-state index contributed by atoms with van der Waals surface area (Å²) in [6.07, 6.45) is 0.909. The van der Waals surface area contributed by atoms with Gasteiger partial charge in [0.15, 0.2) is 5.03 Å². The molecule has 1 rings (SSSR count). The zero-order valence-electron chi connectivity index (χ0n) is 8.78. The minimum atomic E-state index is -1.23. The van der Waals surface area contributed by atoms with Crippen LogP contribution in [0.25, 0.3) is 0 Å². The Labute approximate surface area is 84.1 Å². The van der Waals surface area contributed by atoms with Crippen molar-refractivity contribution in [3.05, 3.63) is 10.1 Å². The van der Waals surface area contributed by atoms with Crippen molar-refractivity contribution in [3.63, 3.8) is 0 Å². The van der Waals surface area contributed by atoms with E-state index < -0.39 is 13.1 Å². The summed E-state index contributed by atoms with van der Waals surface area (Å²) in [4.78, 5) is 12.2. The molecule has 1 aliphatic rings. The number of hydrogen-bond donors (Lipinski definition) is 1. The summed E-state index contributed by atoms with van der Waals surface area (Å²) >= 11 is 0. The summed E-state index contributed by atoms with van der Waals surface area (Å²) < 4.78 is 0. The molecular formula is C7H16N4O2Si. The van der Waals surface area contributed by atoms with Gasteiger partial charge in [-0.25, -0.2) is 10.1 Å². The van der Waals surface area contributed by atoms with E-state index >= 15 is 0 Å². The van der Waals surface area contributed by atoms with Crippen LogP contribution in [0.2, 0.25) is 19.6 Å². The van der Waals surface area contributed by atoms with Crippen molar-refractivity contribution >= 4 is 14.0 Å². The molecule has 7 heteroatoms. The number of nitrogens with zero attached hydrogens (tertiary/aromatic N) is 3. The van der Waals surface area contributed by atoms with Crippen LogP contribution in [0.4, 0.5) is 0 Å². The maximum atomic E-state index is 10.2. The van der Waals surface area contributed by atoms with Gasteiger partial charge in [0.1, 0.15) is 5.10 Å². The second kappa shape index (κ2) is 3.95. The second-order valence-electron chi connectivity index (χ2n) is 4.57. The smallest absolute Gasteiger partial charge is 0.271 e. The lowest BCUT2D eigenvalue weighted by molar-refractivity contribution is -0.485. The average molecular weight is 216 g/mol. The first kappa shape index (κ1) is 11.0. The number of rotatable bonds is 3. The Balaban J connectivity index is 2.65. The van der Waals surface area contributed by atoms with Gasteiger partial charge in [-0.15, -0.1) is 0 Å². The highest BCUT2D eigenvalue weighted by atomic mass is 28.3. The van der Waals surface area contributed by atoms with Gasteiger partial charge in [-0.05, 0) is 0 Å². The van der Waals surface area contributed by atoms with E-state index in [4.69, 9.17) is 0 Å². The lowest BCUT2D eigenvalue weighted by Gasteiger charge is -2.24. The number of nitro groups is 1. The van der Waals surface area contributed by atoms with Crippen molar-refractivity contribution in [1.29, 1.82) is 0 Å². The Bertz CT molecular complexity index is 261. The zero-order chi connectivity index (χ0) is 10.8. The number of nitrogens with one attached hydrogen (secondary N) is 1. The highest BCUT2D eigenvalue weighted by Gasteiger charge is 2.26. The SMILES string of the molecule is C[Si](C)(C)CN1CCN/C1=N\[N+](=O)[O-]. The molecule has 0 aromatic rings. The van der Waals surface area contributed by atoms with Crippen molar-refractivity contribution in [2.24, 2.45) is 5.10 Å². The predicted molar refractivity (Wildman–Crippen MR) is 57.4 cm³/mol. The van der Waals surface area contributed by atoms with E-state index in [9.17, 15) is 10.1 Å². The zero-order valence-corrected chi connectivity index (χ0v) is 9.78. The van der Waals surface area contributed by atoms with Gasteiger partial charge in [-0.2, -0.15) is 0 Å². The molecule has 1 saturated heterocycles. The molecular weight excluding hydrogens is 200 g/mol. The molecule has 0 saturated carbocycles. The first-order valence-corrected chi connectivity index (χ1v) is 8.31. The lowest BCUT2D eigenvalue weighted by Crippen LogP contribution is -2.42. The highest BCUT2D eigenvalue weighted by molar-refractivity contribution is 6.76. The highest BCUT2D eigenvalue weighted by Crippen LogP contribution is 2.07. The van der Waals surface area contributed by atoms with Crippen LogP contribution < -0.4 is 5.32 Å². The van der Waals surface area contributed by atoms with Gasteiger partial charge in [-0.1, -0.05) is 19.6 Å². The third-order valence-corrected chi connectivity index (χ3v) is 3.14. The van der Waals surface area contributed by atoms with Gasteiger partial charge in [0.2, 0.25) is 0 Å². The molecule has 80 valence electrons. The minimum absolute atomic E-state index is 0.414. The van der Waals surface area contributed by atoms with E-state index in [-0.39, 0.29) is 0 Å². The summed E-state index contributed by atoms with van der Waals surface area (Å²) in [6.45, 7) is 8.26. The van der Waals surface area contributed by atoms with Crippen LogP contribution in [0.15, 0.2) is 5.10 Å².